The van der Waals surface area contributed by atoms with Crippen LogP contribution in [0.1, 0.15) is 34.8 Å². The van der Waals surface area contributed by atoms with Gasteiger partial charge in [-0.1, -0.05) is 30.3 Å². The molecule has 4 N–H and O–H groups in total. The summed E-state index contributed by atoms with van der Waals surface area (Å²) in [4.78, 5) is 34.3. The van der Waals surface area contributed by atoms with E-state index < -0.39 is 5.91 Å². The zero-order chi connectivity index (χ0) is 24.2. The van der Waals surface area contributed by atoms with E-state index in [2.05, 4.69) is 32.3 Å². The molecule has 1 aliphatic rings. The average Bonchev–Trinajstić information content (AvgIpc) is 3.29. The van der Waals surface area contributed by atoms with Crippen LogP contribution in [0.5, 0.6) is 0 Å². The van der Waals surface area contributed by atoms with Crippen LogP contribution < -0.4 is 16.4 Å². The molecule has 1 aromatic carbocycles. The molecule has 0 spiro atoms. The number of hydrogen-bond donors (Lipinski definition) is 3. The second-order valence-electron chi connectivity index (χ2n) is 8.00. The first-order valence-corrected chi connectivity index (χ1v) is 11.1. The number of piperidine rings is 1. The summed E-state index contributed by atoms with van der Waals surface area (Å²) in [5.41, 5.74) is 7.82. The first-order chi connectivity index (χ1) is 16.4. The number of anilines is 4. The van der Waals surface area contributed by atoms with E-state index in [4.69, 9.17) is 17.3 Å². The number of para-hydroxylation sites is 1. The van der Waals surface area contributed by atoms with E-state index in [0.29, 0.717) is 29.5 Å². The number of hydrogen-bond acceptors (Lipinski definition) is 7. The zero-order valence-electron chi connectivity index (χ0n) is 18.7. The van der Waals surface area contributed by atoms with Crippen molar-refractivity contribution >= 4 is 46.6 Å². The molecule has 11 heteroatoms. The highest BCUT2D eigenvalue weighted by atomic mass is 35.5. The summed E-state index contributed by atoms with van der Waals surface area (Å²) in [6, 6.07) is 5.53. The normalized spacial score (nSPS) is 15.6. The van der Waals surface area contributed by atoms with Crippen molar-refractivity contribution in [3.8, 4) is 0 Å². The molecule has 176 valence electrons. The third-order valence-corrected chi connectivity index (χ3v) is 5.95. The highest BCUT2D eigenvalue weighted by Gasteiger charge is 2.24. The van der Waals surface area contributed by atoms with Gasteiger partial charge < -0.3 is 21.3 Å². The van der Waals surface area contributed by atoms with Gasteiger partial charge in [-0.05, 0) is 37.5 Å². The van der Waals surface area contributed by atoms with Crippen LogP contribution in [0.15, 0.2) is 49.4 Å². The number of benzene rings is 1. The van der Waals surface area contributed by atoms with Gasteiger partial charge in [0.25, 0.3) is 5.91 Å². The van der Waals surface area contributed by atoms with E-state index in [9.17, 15) is 9.59 Å². The second-order valence-corrected chi connectivity index (χ2v) is 8.40. The quantitative estimate of drug-likeness (QED) is 0.440. The third kappa shape index (κ3) is 5.01. The summed E-state index contributed by atoms with van der Waals surface area (Å²) >= 11 is 6.32. The lowest BCUT2D eigenvalue weighted by atomic mass is 10.1. The molecule has 1 fully saturated rings. The molecule has 0 radical (unpaired) electrons. The number of nitrogens with one attached hydrogen (secondary N) is 2. The maximum atomic E-state index is 12.0. The Labute approximate surface area is 201 Å². The first-order valence-electron chi connectivity index (χ1n) is 10.8. The van der Waals surface area contributed by atoms with Crippen molar-refractivity contribution < 1.29 is 9.59 Å². The van der Waals surface area contributed by atoms with Crippen LogP contribution in [-0.2, 0) is 4.79 Å². The summed E-state index contributed by atoms with van der Waals surface area (Å²) in [5, 5.41) is 11.1. The molecule has 2 aromatic heterocycles. The Morgan fingerprint density at radius 3 is 2.85 bits per heavy atom. The summed E-state index contributed by atoms with van der Waals surface area (Å²) < 4.78 is 1.83. The summed E-state index contributed by atoms with van der Waals surface area (Å²) in [6.07, 6.45) is 7.99. The predicted molar refractivity (Wildman–Crippen MR) is 131 cm³/mol. The molecule has 3 aromatic rings. The van der Waals surface area contributed by atoms with Gasteiger partial charge in [0.15, 0.2) is 0 Å². The lowest BCUT2D eigenvalue weighted by Crippen LogP contribution is -2.39. The molecule has 34 heavy (non-hydrogen) atoms. The van der Waals surface area contributed by atoms with Gasteiger partial charge in [-0.15, -0.1) is 0 Å². The van der Waals surface area contributed by atoms with Crippen LogP contribution in [-0.4, -0.2) is 49.6 Å². The number of nitrogens with zero attached hydrogens (tertiary/aromatic N) is 5. The molecular formula is C23H25ClN8O2. The average molecular weight is 481 g/mol. The minimum atomic E-state index is -0.664. The topological polar surface area (TPSA) is 131 Å². The fourth-order valence-corrected chi connectivity index (χ4v) is 4.13. The van der Waals surface area contributed by atoms with Gasteiger partial charge >= 0.3 is 0 Å². The number of primary amides is 1. The number of aromatic nitrogens is 4. The second kappa shape index (κ2) is 9.92. The first kappa shape index (κ1) is 23.2. The molecule has 0 saturated carbocycles. The van der Waals surface area contributed by atoms with Gasteiger partial charge in [0.05, 0.1) is 28.6 Å². The number of carbonyl (C=O) groups excluding carboxylic acids is 2. The van der Waals surface area contributed by atoms with Gasteiger partial charge in [0.2, 0.25) is 11.9 Å². The number of rotatable bonds is 7. The van der Waals surface area contributed by atoms with Crippen molar-refractivity contribution in [3.05, 3.63) is 65.6 Å². The molecule has 0 bridgehead atoms. The summed E-state index contributed by atoms with van der Waals surface area (Å²) in [6.45, 7) is 6.74. The maximum absolute atomic E-state index is 12.0. The number of likely N-dealkylation sites (tertiary alicyclic amines) is 1. The Bertz CT molecular complexity index is 1220. The molecule has 10 nitrogen and oxygen atoms in total. The Balaban J connectivity index is 1.54. The van der Waals surface area contributed by atoms with E-state index >= 15 is 0 Å². The van der Waals surface area contributed by atoms with E-state index in [1.807, 2.05) is 29.9 Å². The van der Waals surface area contributed by atoms with Crippen LogP contribution in [0, 0.1) is 6.92 Å². The molecule has 4 rings (SSSR count). The van der Waals surface area contributed by atoms with Crippen LogP contribution in [0.25, 0.3) is 0 Å². The van der Waals surface area contributed by atoms with Crippen molar-refractivity contribution in [1.29, 1.82) is 0 Å². The van der Waals surface area contributed by atoms with E-state index in [1.165, 1.54) is 12.3 Å². The van der Waals surface area contributed by atoms with Crippen molar-refractivity contribution in [2.24, 2.45) is 5.73 Å². The van der Waals surface area contributed by atoms with Crippen molar-refractivity contribution in [2.45, 2.75) is 25.8 Å². The maximum Gasteiger partial charge on any atom is 0.254 e. The minimum absolute atomic E-state index is 0.0618. The third-order valence-electron chi connectivity index (χ3n) is 5.63. The van der Waals surface area contributed by atoms with E-state index in [0.717, 1.165) is 18.4 Å². The zero-order valence-corrected chi connectivity index (χ0v) is 19.4. The fourth-order valence-electron chi connectivity index (χ4n) is 3.86. The van der Waals surface area contributed by atoms with Crippen LogP contribution in [0.3, 0.4) is 0 Å². The molecule has 0 unspecified atom stereocenters. The number of halogens is 1. The smallest absolute Gasteiger partial charge is 0.254 e. The number of carbonyl (C=O) groups is 2. The molecule has 1 atom stereocenters. The highest BCUT2D eigenvalue weighted by Crippen LogP contribution is 2.30. The molecule has 0 aliphatic carbocycles. The monoisotopic (exact) mass is 480 g/mol. The summed E-state index contributed by atoms with van der Waals surface area (Å²) in [5.74, 6) is -0.252. The Morgan fingerprint density at radius 1 is 1.29 bits per heavy atom. The molecular weight excluding hydrogens is 456 g/mol. The molecule has 3 heterocycles. The molecule has 2 amide bonds. The Morgan fingerprint density at radius 2 is 2.12 bits per heavy atom. The van der Waals surface area contributed by atoms with Crippen LogP contribution in [0.2, 0.25) is 5.02 Å². The van der Waals surface area contributed by atoms with Crippen molar-refractivity contribution in [1.82, 2.24) is 24.6 Å². The summed E-state index contributed by atoms with van der Waals surface area (Å²) in [7, 11) is 0. The lowest BCUT2D eigenvalue weighted by molar-refractivity contribution is -0.127. The van der Waals surface area contributed by atoms with Crippen LogP contribution >= 0.6 is 11.6 Å². The standard InChI is InChI=1S/C23H25ClN8O2/c1-3-19(33)31-9-5-7-16(13-31)32-12-15(10-27-32)28-23-26-11-17(21(25)34)22(30-23)29-20-14(2)6-4-8-18(20)24/h3-4,6,8,10-12,16H,1,5,7,9,13H2,2H3,(H2,25,34)(H2,26,28,29,30)/t16-/m0/s1. The Kier molecular flexibility index (Phi) is 6.78. The molecule has 1 saturated heterocycles. The minimum Gasteiger partial charge on any atom is -0.365 e. The van der Waals surface area contributed by atoms with E-state index in [1.54, 1.807) is 17.2 Å². The number of nitrogens with two attached hydrogens (primary N) is 1. The SMILES string of the molecule is C=CC(=O)N1CCC[C@H](n2cc(Nc3ncc(C(N)=O)c(Nc4c(C)cccc4Cl)n3)cn2)C1. The number of aryl methyl sites for hydroxylation is 1. The predicted octanol–water partition coefficient (Wildman–Crippen LogP) is 3.57. The van der Waals surface area contributed by atoms with Crippen molar-refractivity contribution in [3.63, 3.8) is 0 Å². The van der Waals surface area contributed by atoms with E-state index in [-0.39, 0.29) is 29.3 Å². The van der Waals surface area contributed by atoms with Gasteiger partial charge in [-0.2, -0.15) is 10.1 Å². The van der Waals surface area contributed by atoms with Crippen molar-refractivity contribution in [2.75, 3.05) is 23.7 Å². The van der Waals surface area contributed by atoms with Gasteiger partial charge in [-0.3, -0.25) is 14.3 Å². The largest absolute Gasteiger partial charge is 0.365 e. The Hall–Kier alpha value is -3.92. The van der Waals surface area contributed by atoms with Gasteiger partial charge in [0, 0.05) is 25.5 Å². The molecule has 1 aliphatic heterocycles. The van der Waals surface area contributed by atoms with Crippen LogP contribution in [0.4, 0.5) is 23.1 Å². The number of amides is 2. The fraction of sp³-hybridized carbons (Fsp3) is 0.261. The lowest BCUT2D eigenvalue weighted by Gasteiger charge is -2.32. The highest BCUT2D eigenvalue weighted by molar-refractivity contribution is 6.33. The van der Waals surface area contributed by atoms with Gasteiger partial charge in [-0.25, -0.2) is 4.98 Å². The van der Waals surface area contributed by atoms with Gasteiger partial charge in [0.1, 0.15) is 11.4 Å².